The lowest BCUT2D eigenvalue weighted by Gasteiger charge is -2.41. The fraction of sp³-hybridized carbons (Fsp3) is 0.485. The van der Waals surface area contributed by atoms with E-state index in [2.05, 4.69) is 30.7 Å². The van der Waals surface area contributed by atoms with Crippen molar-refractivity contribution in [3.63, 3.8) is 0 Å². The van der Waals surface area contributed by atoms with Crippen LogP contribution in [-0.2, 0) is 0 Å². The molecule has 0 spiro atoms. The summed E-state index contributed by atoms with van der Waals surface area (Å²) in [5.41, 5.74) is 2.32. The molecular weight excluding hydrogens is 576 g/mol. The quantitative estimate of drug-likeness (QED) is 0.213. The van der Waals surface area contributed by atoms with E-state index in [-0.39, 0.29) is 18.0 Å². The van der Waals surface area contributed by atoms with Crippen molar-refractivity contribution < 1.29 is 19.1 Å². The van der Waals surface area contributed by atoms with Crippen LogP contribution < -0.4 is 30.3 Å². The molecule has 3 aromatic rings. The maximum absolute atomic E-state index is 13.0. The number of piperidine rings is 2. The van der Waals surface area contributed by atoms with Crippen LogP contribution in [0.5, 0.6) is 16.6 Å². The fourth-order valence-corrected chi connectivity index (χ4v) is 6.59. The number of anilines is 3. The number of carbonyl (C=O) groups excluding carboxylic acids is 2. The maximum Gasteiger partial charge on any atom is 0.319 e. The number of methoxy groups -OCH3 is 1. The number of carbonyl (C=O) groups is 2. The number of thiazole rings is 1. The Kier molecular flexibility index (Phi) is 11.0. The highest BCUT2D eigenvalue weighted by Crippen LogP contribution is 2.37. The van der Waals surface area contributed by atoms with Gasteiger partial charge in [0.2, 0.25) is 5.06 Å². The van der Waals surface area contributed by atoms with Crippen LogP contribution in [0.25, 0.3) is 0 Å². The average molecular weight is 621 g/mol. The van der Waals surface area contributed by atoms with Gasteiger partial charge in [0.25, 0.3) is 5.91 Å². The molecule has 0 aliphatic carbocycles. The second kappa shape index (κ2) is 15.3. The molecule has 5 rings (SSSR count). The highest BCUT2D eigenvalue weighted by molar-refractivity contribution is 7.17. The second-order valence-corrected chi connectivity index (χ2v) is 12.4. The van der Waals surface area contributed by atoms with Crippen molar-refractivity contribution in [1.82, 2.24) is 15.2 Å². The van der Waals surface area contributed by atoms with Gasteiger partial charge in [-0.05, 0) is 88.0 Å². The summed E-state index contributed by atoms with van der Waals surface area (Å²) in [5, 5.41) is 9.59. The van der Waals surface area contributed by atoms with E-state index >= 15 is 0 Å². The number of rotatable bonds is 11. The first kappa shape index (κ1) is 31.6. The highest BCUT2D eigenvalue weighted by atomic mass is 32.1. The van der Waals surface area contributed by atoms with Crippen LogP contribution in [0.1, 0.15) is 69.2 Å². The van der Waals surface area contributed by atoms with Crippen LogP contribution in [0.2, 0.25) is 0 Å². The van der Waals surface area contributed by atoms with Crippen molar-refractivity contribution in [3.05, 3.63) is 54.2 Å². The summed E-state index contributed by atoms with van der Waals surface area (Å²) in [4.78, 5) is 34.7. The number of hydrogen-bond donors (Lipinski definition) is 3. The predicted molar refractivity (Wildman–Crippen MR) is 177 cm³/mol. The normalized spacial score (nSPS) is 16.0. The van der Waals surface area contributed by atoms with Crippen molar-refractivity contribution in [1.29, 1.82) is 0 Å². The van der Waals surface area contributed by atoms with Crippen LogP contribution in [0, 0.1) is 0 Å². The number of urea groups is 1. The Labute approximate surface area is 264 Å². The molecule has 0 unspecified atom stereocenters. The lowest BCUT2D eigenvalue weighted by molar-refractivity contribution is 0.102. The third-order valence-corrected chi connectivity index (χ3v) is 9.31. The number of aromatic nitrogens is 1. The monoisotopic (exact) mass is 620 g/mol. The molecule has 3 N–H and O–H groups in total. The zero-order valence-electron chi connectivity index (χ0n) is 25.9. The number of nitrogens with one attached hydrogen (secondary N) is 3. The predicted octanol–water partition coefficient (Wildman–Crippen LogP) is 6.96. The number of benzene rings is 2. The van der Waals surface area contributed by atoms with E-state index in [0.29, 0.717) is 39.0 Å². The van der Waals surface area contributed by atoms with Gasteiger partial charge in [-0.15, -0.1) is 0 Å². The minimum atomic E-state index is -0.264. The molecule has 3 heterocycles. The smallest absolute Gasteiger partial charge is 0.319 e. The number of ether oxygens (including phenoxy) is 2. The van der Waals surface area contributed by atoms with Gasteiger partial charge in [0.15, 0.2) is 16.6 Å². The van der Waals surface area contributed by atoms with E-state index in [1.54, 1.807) is 24.4 Å². The van der Waals surface area contributed by atoms with Gasteiger partial charge in [-0.3, -0.25) is 10.1 Å². The number of amides is 3. The van der Waals surface area contributed by atoms with E-state index in [1.807, 2.05) is 38.1 Å². The minimum absolute atomic E-state index is 0.122. The average Bonchev–Trinajstić information content (AvgIpc) is 3.51. The topological polar surface area (TPSA) is 108 Å². The third-order valence-electron chi connectivity index (χ3n) is 8.52. The fourth-order valence-electron chi connectivity index (χ4n) is 5.91. The molecule has 0 saturated carbocycles. The van der Waals surface area contributed by atoms with Gasteiger partial charge in [-0.1, -0.05) is 31.6 Å². The van der Waals surface area contributed by atoms with Crippen molar-refractivity contribution >= 4 is 39.8 Å². The van der Waals surface area contributed by atoms with Crippen LogP contribution in [0.15, 0.2) is 48.7 Å². The van der Waals surface area contributed by atoms with E-state index in [9.17, 15) is 9.59 Å². The van der Waals surface area contributed by atoms with Crippen molar-refractivity contribution in [2.24, 2.45) is 0 Å². The molecule has 0 bridgehead atoms. The van der Waals surface area contributed by atoms with Crippen LogP contribution in [-0.4, -0.2) is 67.2 Å². The standard InChI is InChI=1S/C33H44N6O4S/c1-4-24(5-2)35-32(41)36-25-11-14-28(29(21-25)42-3)43-30-22-34-33(44-30)37-31(40)23-9-12-26(13-10-23)39-19-15-27(16-20-39)38-17-7-6-8-18-38/h9-14,21-22,24,27H,4-8,15-20H2,1-3H3,(H,34,37,40)(H2,35,36,41). The zero-order valence-corrected chi connectivity index (χ0v) is 26.8. The van der Waals surface area contributed by atoms with E-state index in [1.165, 1.54) is 63.6 Å². The molecule has 2 fully saturated rings. The first-order chi connectivity index (χ1) is 21.4. The molecule has 10 nitrogen and oxygen atoms in total. The molecule has 3 amide bonds. The molecule has 0 radical (unpaired) electrons. The lowest BCUT2D eigenvalue weighted by atomic mass is 9.99. The summed E-state index contributed by atoms with van der Waals surface area (Å²) < 4.78 is 11.5. The van der Waals surface area contributed by atoms with Gasteiger partial charge in [-0.25, -0.2) is 9.78 Å². The second-order valence-electron chi connectivity index (χ2n) is 11.4. The van der Waals surface area contributed by atoms with Crippen molar-refractivity contribution in [2.75, 3.05) is 48.8 Å². The minimum Gasteiger partial charge on any atom is -0.493 e. The first-order valence-corrected chi connectivity index (χ1v) is 16.6. The van der Waals surface area contributed by atoms with Crippen LogP contribution in [0.3, 0.4) is 0 Å². The van der Waals surface area contributed by atoms with E-state index < -0.39 is 0 Å². The van der Waals surface area contributed by atoms with Gasteiger partial charge >= 0.3 is 6.03 Å². The number of likely N-dealkylation sites (tertiary alicyclic amines) is 1. The van der Waals surface area contributed by atoms with Gasteiger partial charge in [0, 0.05) is 48.2 Å². The molecule has 2 aliphatic rings. The summed E-state index contributed by atoms with van der Waals surface area (Å²) in [6.45, 7) is 8.67. The van der Waals surface area contributed by atoms with Gasteiger partial charge in [-0.2, -0.15) is 0 Å². The lowest BCUT2D eigenvalue weighted by Crippen LogP contribution is -2.46. The maximum atomic E-state index is 13.0. The van der Waals surface area contributed by atoms with Crippen molar-refractivity contribution in [2.45, 2.75) is 70.9 Å². The number of nitrogens with zero attached hydrogens (tertiary/aromatic N) is 3. The summed E-state index contributed by atoms with van der Waals surface area (Å²) in [6, 6.07) is 13.5. The van der Waals surface area contributed by atoms with Crippen molar-refractivity contribution in [3.8, 4) is 16.6 Å². The largest absolute Gasteiger partial charge is 0.493 e. The summed E-state index contributed by atoms with van der Waals surface area (Å²) in [5.74, 6) is 0.705. The highest BCUT2D eigenvalue weighted by Gasteiger charge is 2.26. The Morgan fingerprint density at radius 3 is 2.36 bits per heavy atom. The molecule has 2 saturated heterocycles. The SMILES string of the molecule is CCC(CC)NC(=O)Nc1ccc(Oc2cnc(NC(=O)c3ccc(N4CCC(N5CCCCC5)CC4)cc3)s2)c(OC)c1. The van der Waals surface area contributed by atoms with Gasteiger partial charge in [0.1, 0.15) is 0 Å². The molecule has 1 aromatic heterocycles. The van der Waals surface area contributed by atoms with E-state index in [0.717, 1.165) is 31.6 Å². The molecule has 0 atom stereocenters. The molecule has 11 heteroatoms. The molecule has 2 aliphatic heterocycles. The Bertz CT molecular complexity index is 1380. The first-order valence-electron chi connectivity index (χ1n) is 15.7. The summed E-state index contributed by atoms with van der Waals surface area (Å²) in [7, 11) is 1.54. The summed E-state index contributed by atoms with van der Waals surface area (Å²) >= 11 is 1.22. The molecular formula is C33H44N6O4S. The summed E-state index contributed by atoms with van der Waals surface area (Å²) in [6.07, 6.45) is 9.71. The van der Waals surface area contributed by atoms with E-state index in [4.69, 9.17) is 9.47 Å². The van der Waals surface area contributed by atoms with Gasteiger partial charge < -0.3 is 29.9 Å². The molecule has 2 aromatic carbocycles. The van der Waals surface area contributed by atoms with Crippen LogP contribution in [0.4, 0.5) is 21.3 Å². The molecule has 236 valence electrons. The Balaban J connectivity index is 1.12. The Morgan fingerprint density at radius 1 is 0.955 bits per heavy atom. The zero-order chi connectivity index (χ0) is 30.9. The molecule has 44 heavy (non-hydrogen) atoms. The van der Waals surface area contributed by atoms with Crippen LogP contribution >= 0.6 is 11.3 Å². The number of hydrogen-bond acceptors (Lipinski definition) is 8. The Hall–Kier alpha value is -3.83. The van der Waals surface area contributed by atoms with Gasteiger partial charge in [0.05, 0.1) is 13.3 Å². The Morgan fingerprint density at radius 2 is 1.68 bits per heavy atom. The third kappa shape index (κ3) is 8.21.